The van der Waals surface area contributed by atoms with Crippen LogP contribution >= 0.6 is 11.3 Å². The first-order valence-corrected chi connectivity index (χ1v) is 9.97. The lowest BCUT2D eigenvalue weighted by atomic mass is 9.90. The van der Waals surface area contributed by atoms with E-state index < -0.39 is 0 Å². The number of thiazole rings is 1. The SMILES string of the molecule is CCN1CCN(C(=O)C2CCc3nc(-c4ccccn4)sc3C2)CC1. The molecule has 1 amide bonds. The molecule has 4 rings (SSSR count). The van der Waals surface area contributed by atoms with E-state index >= 15 is 0 Å². The third-order valence-electron chi connectivity index (χ3n) is 5.30. The zero-order chi connectivity index (χ0) is 17.2. The molecule has 0 aromatic carbocycles. The van der Waals surface area contributed by atoms with E-state index in [4.69, 9.17) is 4.98 Å². The summed E-state index contributed by atoms with van der Waals surface area (Å²) in [4.78, 5) is 27.8. The van der Waals surface area contributed by atoms with Gasteiger partial charge in [-0.1, -0.05) is 13.0 Å². The number of amides is 1. The summed E-state index contributed by atoms with van der Waals surface area (Å²) in [6.07, 6.45) is 4.47. The number of rotatable bonds is 3. The maximum atomic E-state index is 12.9. The van der Waals surface area contributed by atoms with Crippen LogP contribution in [0.2, 0.25) is 0 Å². The summed E-state index contributed by atoms with van der Waals surface area (Å²) in [5.74, 6) is 0.465. The summed E-state index contributed by atoms with van der Waals surface area (Å²) < 4.78 is 0. The molecule has 0 bridgehead atoms. The Bertz CT molecular complexity index is 737. The zero-order valence-electron chi connectivity index (χ0n) is 14.6. The van der Waals surface area contributed by atoms with Gasteiger partial charge in [0.2, 0.25) is 5.91 Å². The molecular formula is C19H24N4OS. The molecule has 3 heterocycles. The molecule has 1 aliphatic heterocycles. The molecule has 1 saturated heterocycles. The maximum absolute atomic E-state index is 12.9. The third-order valence-corrected chi connectivity index (χ3v) is 6.45. The molecule has 1 unspecified atom stereocenters. The Morgan fingerprint density at radius 3 is 2.84 bits per heavy atom. The third kappa shape index (κ3) is 3.46. The summed E-state index contributed by atoms with van der Waals surface area (Å²) in [5, 5.41) is 0.982. The van der Waals surface area contributed by atoms with Crippen LogP contribution in [-0.4, -0.2) is 58.4 Å². The number of likely N-dealkylation sites (N-methyl/N-ethyl adjacent to an activating group) is 1. The van der Waals surface area contributed by atoms with Crippen molar-refractivity contribution in [3.63, 3.8) is 0 Å². The number of nitrogens with zero attached hydrogens (tertiary/aromatic N) is 4. The van der Waals surface area contributed by atoms with Crippen LogP contribution in [0.4, 0.5) is 0 Å². The van der Waals surface area contributed by atoms with Crippen molar-refractivity contribution in [1.82, 2.24) is 19.8 Å². The Morgan fingerprint density at radius 2 is 2.12 bits per heavy atom. The second-order valence-electron chi connectivity index (χ2n) is 6.80. The lowest BCUT2D eigenvalue weighted by molar-refractivity contribution is -0.137. The molecular weight excluding hydrogens is 332 g/mol. The fraction of sp³-hybridized carbons (Fsp3) is 0.526. The number of pyridine rings is 1. The molecule has 25 heavy (non-hydrogen) atoms. The molecule has 0 N–H and O–H groups in total. The van der Waals surface area contributed by atoms with Gasteiger partial charge in [0.05, 0.1) is 11.4 Å². The molecule has 2 aromatic rings. The number of hydrogen-bond acceptors (Lipinski definition) is 5. The smallest absolute Gasteiger partial charge is 0.226 e. The van der Waals surface area contributed by atoms with Crippen LogP contribution in [0.5, 0.6) is 0 Å². The predicted molar refractivity (Wildman–Crippen MR) is 99.6 cm³/mol. The van der Waals surface area contributed by atoms with Gasteiger partial charge >= 0.3 is 0 Å². The topological polar surface area (TPSA) is 49.3 Å². The first-order chi connectivity index (χ1) is 12.2. The summed E-state index contributed by atoms with van der Waals surface area (Å²) in [6, 6.07) is 5.91. The molecule has 6 heteroatoms. The number of hydrogen-bond donors (Lipinski definition) is 0. The fourth-order valence-electron chi connectivity index (χ4n) is 3.73. The van der Waals surface area contributed by atoms with Gasteiger partial charge in [0.15, 0.2) is 0 Å². The highest BCUT2D eigenvalue weighted by atomic mass is 32.1. The number of carbonyl (C=O) groups excluding carboxylic acids is 1. The van der Waals surface area contributed by atoms with Crippen LogP contribution in [0.15, 0.2) is 24.4 Å². The Hall–Kier alpha value is -1.79. The van der Waals surface area contributed by atoms with Crippen molar-refractivity contribution in [2.75, 3.05) is 32.7 Å². The quantitative estimate of drug-likeness (QED) is 0.848. The largest absolute Gasteiger partial charge is 0.340 e. The Labute approximate surface area is 152 Å². The van der Waals surface area contributed by atoms with Crippen molar-refractivity contribution in [1.29, 1.82) is 0 Å². The van der Waals surface area contributed by atoms with Crippen molar-refractivity contribution in [3.05, 3.63) is 35.0 Å². The van der Waals surface area contributed by atoms with Crippen LogP contribution in [0.3, 0.4) is 0 Å². The normalized spacial score (nSPS) is 21.2. The molecule has 0 spiro atoms. The van der Waals surface area contributed by atoms with E-state index in [1.165, 1.54) is 10.6 Å². The van der Waals surface area contributed by atoms with Crippen molar-refractivity contribution in [3.8, 4) is 10.7 Å². The van der Waals surface area contributed by atoms with Crippen LogP contribution < -0.4 is 0 Å². The minimum Gasteiger partial charge on any atom is -0.340 e. The first kappa shape index (κ1) is 16.7. The van der Waals surface area contributed by atoms with E-state index in [2.05, 4.69) is 21.7 Å². The van der Waals surface area contributed by atoms with Crippen LogP contribution in [0, 0.1) is 5.92 Å². The highest BCUT2D eigenvalue weighted by Gasteiger charge is 2.31. The number of aromatic nitrogens is 2. The van der Waals surface area contributed by atoms with Gasteiger partial charge in [-0.3, -0.25) is 9.78 Å². The molecule has 132 valence electrons. The van der Waals surface area contributed by atoms with E-state index in [-0.39, 0.29) is 5.92 Å². The van der Waals surface area contributed by atoms with Gasteiger partial charge in [0, 0.05) is 43.2 Å². The fourth-order valence-corrected chi connectivity index (χ4v) is 4.89. The van der Waals surface area contributed by atoms with Crippen molar-refractivity contribution >= 4 is 17.2 Å². The van der Waals surface area contributed by atoms with E-state index in [1.807, 2.05) is 18.2 Å². The van der Waals surface area contributed by atoms with Gasteiger partial charge in [-0.05, 0) is 37.9 Å². The Balaban J connectivity index is 1.44. The summed E-state index contributed by atoms with van der Waals surface area (Å²) in [6.45, 7) is 7.01. The standard InChI is InChI=1S/C19H24N4OS/c1-2-22-9-11-23(12-10-22)19(24)14-6-7-15-17(13-14)25-18(21-15)16-5-3-4-8-20-16/h3-5,8,14H,2,6-7,9-13H2,1H3. The average molecular weight is 356 g/mol. The minimum absolute atomic E-state index is 0.123. The van der Waals surface area contributed by atoms with Gasteiger partial charge in [0.25, 0.3) is 0 Å². The van der Waals surface area contributed by atoms with Crippen LogP contribution in [0.1, 0.15) is 23.9 Å². The number of piperazine rings is 1. The van der Waals surface area contributed by atoms with E-state index in [0.717, 1.165) is 62.7 Å². The Kier molecular flexibility index (Phi) is 4.81. The second-order valence-corrected chi connectivity index (χ2v) is 7.89. The van der Waals surface area contributed by atoms with Crippen LogP contribution in [-0.2, 0) is 17.6 Å². The predicted octanol–water partition coefficient (Wildman–Crippen LogP) is 2.47. The summed E-state index contributed by atoms with van der Waals surface area (Å²) in [7, 11) is 0. The molecule has 1 fully saturated rings. The molecule has 5 nitrogen and oxygen atoms in total. The number of fused-ring (bicyclic) bond motifs is 1. The number of aryl methyl sites for hydroxylation is 1. The average Bonchev–Trinajstić information content (AvgIpc) is 3.11. The summed E-state index contributed by atoms with van der Waals surface area (Å²) in [5.41, 5.74) is 2.10. The summed E-state index contributed by atoms with van der Waals surface area (Å²) >= 11 is 1.71. The second kappa shape index (κ2) is 7.22. The number of carbonyl (C=O) groups is 1. The minimum atomic E-state index is 0.123. The molecule has 2 aliphatic rings. The van der Waals surface area contributed by atoms with Gasteiger partial charge in [-0.2, -0.15) is 0 Å². The molecule has 1 aliphatic carbocycles. The molecule has 0 saturated carbocycles. The Morgan fingerprint density at radius 1 is 1.28 bits per heavy atom. The van der Waals surface area contributed by atoms with Crippen molar-refractivity contribution in [2.24, 2.45) is 5.92 Å². The zero-order valence-corrected chi connectivity index (χ0v) is 15.5. The van der Waals surface area contributed by atoms with Gasteiger partial charge in [-0.25, -0.2) is 4.98 Å². The lowest BCUT2D eigenvalue weighted by Crippen LogP contribution is -2.50. The molecule has 0 radical (unpaired) electrons. The monoisotopic (exact) mass is 356 g/mol. The van der Waals surface area contributed by atoms with Crippen LogP contribution in [0.25, 0.3) is 10.7 Å². The van der Waals surface area contributed by atoms with Gasteiger partial charge < -0.3 is 9.80 Å². The van der Waals surface area contributed by atoms with Gasteiger partial charge in [-0.15, -0.1) is 11.3 Å². The lowest BCUT2D eigenvalue weighted by Gasteiger charge is -2.36. The van der Waals surface area contributed by atoms with E-state index in [0.29, 0.717) is 5.91 Å². The first-order valence-electron chi connectivity index (χ1n) is 9.15. The highest BCUT2D eigenvalue weighted by molar-refractivity contribution is 7.15. The maximum Gasteiger partial charge on any atom is 0.226 e. The van der Waals surface area contributed by atoms with Crippen molar-refractivity contribution < 1.29 is 4.79 Å². The van der Waals surface area contributed by atoms with Crippen molar-refractivity contribution in [2.45, 2.75) is 26.2 Å². The molecule has 2 aromatic heterocycles. The van der Waals surface area contributed by atoms with E-state index in [1.54, 1.807) is 17.5 Å². The highest BCUT2D eigenvalue weighted by Crippen LogP contribution is 2.34. The van der Waals surface area contributed by atoms with Gasteiger partial charge in [0.1, 0.15) is 5.01 Å². The van der Waals surface area contributed by atoms with E-state index in [9.17, 15) is 4.79 Å². The molecule has 1 atom stereocenters.